The number of methoxy groups -OCH3 is 1. The SMILES string of the molecule is COC(C)(C)CCC(C)(CN)C(C)O. The molecule has 0 amide bonds. The molecule has 0 saturated carbocycles. The second-order valence-corrected chi connectivity index (χ2v) is 5.00. The van der Waals surface area contributed by atoms with Crippen LogP contribution in [0.2, 0.25) is 0 Å². The van der Waals surface area contributed by atoms with Gasteiger partial charge in [0.2, 0.25) is 0 Å². The van der Waals surface area contributed by atoms with Gasteiger partial charge in [-0.15, -0.1) is 0 Å². The zero-order valence-electron chi connectivity index (χ0n) is 10.1. The van der Waals surface area contributed by atoms with Crippen molar-refractivity contribution >= 4 is 0 Å². The summed E-state index contributed by atoms with van der Waals surface area (Å²) >= 11 is 0. The molecule has 0 heterocycles. The van der Waals surface area contributed by atoms with Gasteiger partial charge in [-0.3, -0.25) is 0 Å². The highest BCUT2D eigenvalue weighted by Crippen LogP contribution is 2.30. The molecule has 0 aromatic carbocycles. The lowest BCUT2D eigenvalue weighted by Gasteiger charge is -2.34. The minimum atomic E-state index is -0.375. The van der Waals surface area contributed by atoms with E-state index < -0.39 is 0 Å². The molecule has 0 aromatic rings. The summed E-state index contributed by atoms with van der Waals surface area (Å²) in [6, 6.07) is 0. The Morgan fingerprint density at radius 3 is 2.07 bits per heavy atom. The van der Waals surface area contributed by atoms with Crippen molar-refractivity contribution in [3.05, 3.63) is 0 Å². The minimum absolute atomic E-state index is 0.134. The third-order valence-corrected chi connectivity index (χ3v) is 3.33. The Morgan fingerprint density at radius 2 is 1.79 bits per heavy atom. The molecule has 3 nitrogen and oxygen atoms in total. The fourth-order valence-electron chi connectivity index (χ4n) is 1.17. The van der Waals surface area contributed by atoms with Crippen LogP contribution in [0.1, 0.15) is 40.5 Å². The predicted octanol–water partition coefficient (Wildman–Crippen LogP) is 1.54. The minimum Gasteiger partial charge on any atom is -0.393 e. The first-order valence-electron chi connectivity index (χ1n) is 5.21. The van der Waals surface area contributed by atoms with E-state index in [-0.39, 0.29) is 17.1 Å². The van der Waals surface area contributed by atoms with E-state index in [0.717, 1.165) is 12.8 Å². The van der Waals surface area contributed by atoms with Crippen LogP contribution in [0.25, 0.3) is 0 Å². The van der Waals surface area contributed by atoms with Gasteiger partial charge in [0.1, 0.15) is 0 Å². The molecule has 2 unspecified atom stereocenters. The van der Waals surface area contributed by atoms with Gasteiger partial charge in [-0.05, 0) is 33.6 Å². The number of nitrogens with two attached hydrogens (primary N) is 1. The molecular formula is C11H25NO2. The molecule has 0 rings (SSSR count). The molecule has 0 aromatic heterocycles. The quantitative estimate of drug-likeness (QED) is 0.688. The largest absolute Gasteiger partial charge is 0.393 e. The summed E-state index contributed by atoms with van der Waals surface area (Å²) in [5, 5.41) is 9.62. The van der Waals surface area contributed by atoms with Crippen molar-refractivity contribution in [3.63, 3.8) is 0 Å². The highest BCUT2D eigenvalue weighted by atomic mass is 16.5. The molecule has 14 heavy (non-hydrogen) atoms. The number of aliphatic hydroxyl groups is 1. The summed E-state index contributed by atoms with van der Waals surface area (Å²) < 4.78 is 5.33. The first kappa shape index (κ1) is 13.9. The Hall–Kier alpha value is -0.120. The van der Waals surface area contributed by atoms with Gasteiger partial charge in [-0.25, -0.2) is 0 Å². The normalized spacial score (nSPS) is 19.1. The summed E-state index contributed by atoms with van der Waals surface area (Å²) in [7, 11) is 1.71. The van der Waals surface area contributed by atoms with Crippen LogP contribution >= 0.6 is 0 Å². The van der Waals surface area contributed by atoms with Crippen molar-refractivity contribution in [2.45, 2.75) is 52.2 Å². The van der Waals surface area contributed by atoms with Gasteiger partial charge >= 0.3 is 0 Å². The van der Waals surface area contributed by atoms with Crippen LogP contribution in [0.5, 0.6) is 0 Å². The van der Waals surface area contributed by atoms with E-state index in [1.54, 1.807) is 14.0 Å². The monoisotopic (exact) mass is 203 g/mol. The third kappa shape index (κ3) is 3.95. The lowest BCUT2D eigenvalue weighted by Crippen LogP contribution is -2.39. The molecular weight excluding hydrogens is 178 g/mol. The Bertz CT molecular complexity index is 169. The maximum atomic E-state index is 9.62. The standard InChI is InChI=1S/C11H25NO2/c1-9(13)11(4,8-12)7-6-10(2,3)14-5/h9,13H,6-8,12H2,1-5H3. The van der Waals surface area contributed by atoms with Crippen molar-refractivity contribution < 1.29 is 9.84 Å². The van der Waals surface area contributed by atoms with Gasteiger partial charge in [0.05, 0.1) is 11.7 Å². The molecule has 0 bridgehead atoms. The van der Waals surface area contributed by atoms with Crippen molar-refractivity contribution in [2.75, 3.05) is 13.7 Å². The van der Waals surface area contributed by atoms with Gasteiger partial charge in [0.15, 0.2) is 0 Å². The zero-order valence-corrected chi connectivity index (χ0v) is 10.1. The van der Waals surface area contributed by atoms with Crippen LogP contribution in [0.4, 0.5) is 0 Å². The van der Waals surface area contributed by atoms with Crippen molar-refractivity contribution in [1.29, 1.82) is 0 Å². The molecule has 2 atom stereocenters. The third-order valence-electron chi connectivity index (χ3n) is 3.33. The predicted molar refractivity (Wildman–Crippen MR) is 59.2 cm³/mol. The zero-order chi connectivity index (χ0) is 11.4. The van der Waals surface area contributed by atoms with Crippen molar-refractivity contribution in [3.8, 4) is 0 Å². The fraction of sp³-hybridized carbons (Fsp3) is 1.00. The van der Waals surface area contributed by atoms with Crippen molar-refractivity contribution in [1.82, 2.24) is 0 Å². The fourth-order valence-corrected chi connectivity index (χ4v) is 1.17. The molecule has 0 aliphatic heterocycles. The smallest absolute Gasteiger partial charge is 0.0623 e. The van der Waals surface area contributed by atoms with Crippen LogP contribution in [0.15, 0.2) is 0 Å². The van der Waals surface area contributed by atoms with E-state index >= 15 is 0 Å². The van der Waals surface area contributed by atoms with Crippen molar-refractivity contribution in [2.24, 2.45) is 11.1 Å². The van der Waals surface area contributed by atoms with Crippen LogP contribution in [-0.2, 0) is 4.74 Å². The Kier molecular flexibility index (Phi) is 5.06. The van der Waals surface area contributed by atoms with Gasteiger partial charge in [0, 0.05) is 19.1 Å². The first-order chi connectivity index (χ1) is 6.27. The summed E-state index contributed by atoms with van der Waals surface area (Å²) in [6.45, 7) is 8.42. The average molecular weight is 203 g/mol. The Labute approximate surface area is 87.6 Å². The van der Waals surface area contributed by atoms with Gasteiger partial charge in [0.25, 0.3) is 0 Å². The number of ether oxygens (including phenoxy) is 1. The van der Waals surface area contributed by atoms with E-state index in [0.29, 0.717) is 6.54 Å². The molecule has 0 aliphatic rings. The van der Waals surface area contributed by atoms with E-state index in [2.05, 4.69) is 0 Å². The second-order valence-electron chi connectivity index (χ2n) is 5.00. The number of hydrogen-bond acceptors (Lipinski definition) is 3. The maximum absolute atomic E-state index is 9.62. The number of hydrogen-bond donors (Lipinski definition) is 2. The number of rotatable bonds is 6. The van der Waals surface area contributed by atoms with Crippen LogP contribution in [0, 0.1) is 5.41 Å². The van der Waals surface area contributed by atoms with Crippen LogP contribution in [-0.4, -0.2) is 30.5 Å². The molecule has 3 N–H and O–H groups in total. The van der Waals surface area contributed by atoms with Crippen LogP contribution in [0.3, 0.4) is 0 Å². The topological polar surface area (TPSA) is 55.5 Å². The maximum Gasteiger partial charge on any atom is 0.0623 e. The highest BCUT2D eigenvalue weighted by Gasteiger charge is 2.30. The van der Waals surface area contributed by atoms with Gasteiger partial charge < -0.3 is 15.6 Å². The van der Waals surface area contributed by atoms with Crippen LogP contribution < -0.4 is 5.73 Å². The first-order valence-corrected chi connectivity index (χ1v) is 5.21. The summed E-state index contributed by atoms with van der Waals surface area (Å²) in [5.41, 5.74) is 5.35. The summed E-state index contributed by atoms with van der Waals surface area (Å²) in [4.78, 5) is 0. The molecule has 0 saturated heterocycles. The second kappa shape index (κ2) is 5.10. The highest BCUT2D eigenvalue weighted by molar-refractivity contribution is 4.83. The lowest BCUT2D eigenvalue weighted by molar-refractivity contribution is -0.0130. The molecule has 86 valence electrons. The van der Waals surface area contributed by atoms with E-state index in [9.17, 15) is 5.11 Å². The average Bonchev–Trinajstić information content (AvgIpc) is 2.14. The molecule has 3 heteroatoms. The molecule has 0 aliphatic carbocycles. The summed E-state index contributed by atoms with van der Waals surface area (Å²) in [6.07, 6.45) is 1.41. The van der Waals surface area contributed by atoms with Gasteiger partial charge in [-0.2, -0.15) is 0 Å². The lowest BCUT2D eigenvalue weighted by atomic mass is 9.78. The molecule has 0 radical (unpaired) electrons. The van der Waals surface area contributed by atoms with E-state index in [1.165, 1.54) is 0 Å². The Morgan fingerprint density at radius 1 is 1.29 bits per heavy atom. The number of aliphatic hydroxyl groups excluding tert-OH is 1. The summed E-state index contributed by atoms with van der Waals surface area (Å²) in [5.74, 6) is 0. The molecule has 0 spiro atoms. The van der Waals surface area contributed by atoms with E-state index in [4.69, 9.17) is 10.5 Å². The van der Waals surface area contributed by atoms with E-state index in [1.807, 2.05) is 20.8 Å². The Balaban J connectivity index is 4.21. The molecule has 0 fully saturated rings. The van der Waals surface area contributed by atoms with Gasteiger partial charge in [-0.1, -0.05) is 6.92 Å².